The summed E-state index contributed by atoms with van der Waals surface area (Å²) in [4.78, 5) is 0. The topological polar surface area (TPSA) is 0 Å². The molecule has 0 N–H and O–H groups in total. The van der Waals surface area contributed by atoms with Crippen LogP contribution in [0.5, 0.6) is 0 Å². The smallest absolute Gasteiger partial charge is 0.122 e. The molecule has 0 aromatic rings. The minimum atomic E-state index is -0.379. The zero-order valence-electron chi connectivity index (χ0n) is 7.23. The molecule has 0 unspecified atom stereocenters. The SMILES string of the molecule is C=C.C=C(F)C(=C\C)/C=C/C. The molecule has 0 saturated heterocycles. The Bertz CT molecular complexity index is 164. The highest BCUT2D eigenvalue weighted by Gasteiger charge is 1.91. The summed E-state index contributed by atoms with van der Waals surface area (Å²) in [7, 11) is 0. The molecule has 0 amide bonds. The van der Waals surface area contributed by atoms with Crippen molar-refractivity contribution in [1.29, 1.82) is 0 Å². The minimum absolute atomic E-state index is 0.379. The van der Waals surface area contributed by atoms with Gasteiger partial charge >= 0.3 is 0 Å². The first-order valence-electron chi connectivity index (χ1n) is 3.36. The van der Waals surface area contributed by atoms with Crippen molar-refractivity contribution in [2.75, 3.05) is 0 Å². The summed E-state index contributed by atoms with van der Waals surface area (Å²) < 4.78 is 12.2. The molecular weight excluding hydrogens is 139 g/mol. The van der Waals surface area contributed by atoms with Crippen LogP contribution in [0.25, 0.3) is 0 Å². The molecule has 0 saturated carbocycles. The Kier molecular flexibility index (Phi) is 10.1. The van der Waals surface area contributed by atoms with E-state index in [2.05, 4.69) is 19.7 Å². The number of hydrogen-bond donors (Lipinski definition) is 0. The van der Waals surface area contributed by atoms with Crippen molar-refractivity contribution >= 4 is 0 Å². The van der Waals surface area contributed by atoms with Gasteiger partial charge in [0.1, 0.15) is 5.83 Å². The van der Waals surface area contributed by atoms with Crippen molar-refractivity contribution in [2.24, 2.45) is 0 Å². The van der Waals surface area contributed by atoms with Gasteiger partial charge in [0.05, 0.1) is 0 Å². The van der Waals surface area contributed by atoms with Crippen molar-refractivity contribution in [3.05, 3.63) is 49.4 Å². The molecule has 0 spiro atoms. The van der Waals surface area contributed by atoms with Crippen molar-refractivity contribution in [2.45, 2.75) is 13.8 Å². The van der Waals surface area contributed by atoms with Gasteiger partial charge in [0.25, 0.3) is 0 Å². The van der Waals surface area contributed by atoms with Crippen LogP contribution in [-0.4, -0.2) is 0 Å². The second kappa shape index (κ2) is 8.89. The van der Waals surface area contributed by atoms with Gasteiger partial charge in [0.15, 0.2) is 0 Å². The van der Waals surface area contributed by atoms with Crippen LogP contribution in [0.2, 0.25) is 0 Å². The number of allylic oxidation sites excluding steroid dienone is 5. The summed E-state index contributed by atoms with van der Waals surface area (Å²) in [5, 5.41) is 0. The zero-order valence-corrected chi connectivity index (χ0v) is 7.23. The molecule has 0 aromatic carbocycles. The van der Waals surface area contributed by atoms with Crippen molar-refractivity contribution < 1.29 is 4.39 Å². The lowest BCUT2D eigenvalue weighted by molar-refractivity contribution is 0.661. The van der Waals surface area contributed by atoms with Gasteiger partial charge < -0.3 is 0 Å². The van der Waals surface area contributed by atoms with Gasteiger partial charge in [-0.2, -0.15) is 0 Å². The molecular formula is C10H15F. The van der Waals surface area contributed by atoms with Crippen LogP contribution in [0, 0.1) is 0 Å². The highest BCUT2D eigenvalue weighted by molar-refractivity contribution is 5.32. The van der Waals surface area contributed by atoms with Crippen LogP contribution < -0.4 is 0 Å². The largest absolute Gasteiger partial charge is 0.207 e. The molecule has 0 rings (SSSR count). The van der Waals surface area contributed by atoms with E-state index in [9.17, 15) is 4.39 Å². The fourth-order valence-electron chi connectivity index (χ4n) is 0.523. The Balaban J connectivity index is 0. The Hall–Kier alpha value is -1.11. The second-order valence-electron chi connectivity index (χ2n) is 1.65. The third-order valence-electron chi connectivity index (χ3n) is 0.970. The molecule has 0 aromatic heterocycles. The van der Waals surface area contributed by atoms with Gasteiger partial charge in [0.2, 0.25) is 0 Å². The fourth-order valence-corrected chi connectivity index (χ4v) is 0.523. The molecule has 0 nitrogen and oxygen atoms in total. The van der Waals surface area contributed by atoms with Crippen LogP contribution in [-0.2, 0) is 0 Å². The summed E-state index contributed by atoms with van der Waals surface area (Å²) in [5.41, 5.74) is 0.553. The molecule has 0 aliphatic heterocycles. The molecule has 1 heteroatoms. The Morgan fingerprint density at radius 2 is 1.73 bits per heavy atom. The van der Waals surface area contributed by atoms with Crippen LogP contribution in [0.1, 0.15) is 13.8 Å². The first kappa shape index (κ1) is 12.6. The monoisotopic (exact) mass is 154 g/mol. The maximum absolute atomic E-state index is 12.2. The van der Waals surface area contributed by atoms with E-state index in [4.69, 9.17) is 0 Å². The average molecular weight is 154 g/mol. The average Bonchev–Trinajstić information content (AvgIpc) is 2.03. The summed E-state index contributed by atoms with van der Waals surface area (Å²) >= 11 is 0. The molecule has 62 valence electrons. The zero-order chi connectivity index (χ0) is 9.28. The van der Waals surface area contributed by atoms with Crippen LogP contribution >= 0.6 is 0 Å². The van der Waals surface area contributed by atoms with Crippen molar-refractivity contribution in [3.8, 4) is 0 Å². The van der Waals surface area contributed by atoms with Gasteiger partial charge in [-0.25, -0.2) is 4.39 Å². The highest BCUT2D eigenvalue weighted by atomic mass is 19.1. The van der Waals surface area contributed by atoms with E-state index in [1.807, 2.05) is 6.92 Å². The minimum Gasteiger partial charge on any atom is -0.207 e. The molecule has 0 radical (unpaired) electrons. The number of rotatable bonds is 2. The van der Waals surface area contributed by atoms with Gasteiger partial charge in [-0.05, 0) is 13.8 Å². The molecule has 0 aliphatic rings. The third kappa shape index (κ3) is 6.78. The lowest BCUT2D eigenvalue weighted by atomic mass is 10.2. The van der Waals surface area contributed by atoms with Gasteiger partial charge in [-0.1, -0.05) is 24.8 Å². The van der Waals surface area contributed by atoms with E-state index < -0.39 is 0 Å². The Morgan fingerprint density at radius 1 is 1.27 bits per heavy atom. The summed E-state index contributed by atoms with van der Waals surface area (Å²) in [6.45, 7) is 12.8. The fraction of sp³-hybridized carbons (Fsp3) is 0.200. The molecule has 0 atom stereocenters. The second-order valence-corrected chi connectivity index (χ2v) is 1.65. The first-order valence-corrected chi connectivity index (χ1v) is 3.36. The lowest BCUT2D eigenvalue weighted by Gasteiger charge is -1.91. The van der Waals surface area contributed by atoms with Crippen LogP contribution in [0.15, 0.2) is 49.4 Å². The quantitative estimate of drug-likeness (QED) is 0.419. The molecule has 0 aliphatic carbocycles. The van der Waals surface area contributed by atoms with Gasteiger partial charge in [-0.3, -0.25) is 0 Å². The summed E-state index contributed by atoms with van der Waals surface area (Å²) in [6, 6.07) is 0. The maximum Gasteiger partial charge on any atom is 0.122 e. The summed E-state index contributed by atoms with van der Waals surface area (Å²) in [6.07, 6.45) is 5.14. The maximum atomic E-state index is 12.2. The van der Waals surface area contributed by atoms with Crippen LogP contribution in [0.4, 0.5) is 4.39 Å². The first-order chi connectivity index (χ1) is 5.22. The van der Waals surface area contributed by atoms with E-state index in [0.29, 0.717) is 5.57 Å². The third-order valence-corrected chi connectivity index (χ3v) is 0.970. The molecule has 0 heterocycles. The van der Waals surface area contributed by atoms with E-state index in [-0.39, 0.29) is 5.83 Å². The number of halogens is 1. The number of hydrogen-bond acceptors (Lipinski definition) is 0. The van der Waals surface area contributed by atoms with Crippen molar-refractivity contribution in [1.82, 2.24) is 0 Å². The van der Waals surface area contributed by atoms with E-state index in [1.165, 1.54) is 0 Å². The Labute approximate surface area is 68.4 Å². The van der Waals surface area contributed by atoms with Crippen molar-refractivity contribution in [3.63, 3.8) is 0 Å². The molecule has 0 bridgehead atoms. The standard InChI is InChI=1S/C8H11F.C2H4/c1-4-6-8(5-2)7(3)9;1-2/h4-6H,3H2,1-2H3;1-2H2/b6-4+,8-5-;. The highest BCUT2D eigenvalue weighted by Crippen LogP contribution is 2.09. The van der Waals surface area contributed by atoms with E-state index in [1.54, 1.807) is 25.2 Å². The molecule has 0 fully saturated rings. The van der Waals surface area contributed by atoms with E-state index >= 15 is 0 Å². The van der Waals surface area contributed by atoms with Crippen LogP contribution in [0.3, 0.4) is 0 Å². The Morgan fingerprint density at radius 3 is 1.82 bits per heavy atom. The van der Waals surface area contributed by atoms with Gasteiger partial charge in [-0.15, -0.1) is 13.2 Å². The lowest BCUT2D eigenvalue weighted by Crippen LogP contribution is -1.73. The summed E-state index contributed by atoms with van der Waals surface area (Å²) in [5.74, 6) is -0.379. The predicted molar refractivity (Wildman–Crippen MR) is 50.1 cm³/mol. The molecule has 11 heavy (non-hydrogen) atoms. The van der Waals surface area contributed by atoms with E-state index in [0.717, 1.165) is 0 Å². The predicted octanol–water partition coefficient (Wildman–Crippen LogP) is 3.79. The normalized spacial score (nSPS) is 10.6. The van der Waals surface area contributed by atoms with Gasteiger partial charge in [0, 0.05) is 5.57 Å².